The van der Waals surface area contributed by atoms with Crippen molar-refractivity contribution in [3.05, 3.63) is 106 Å². The van der Waals surface area contributed by atoms with Crippen LogP contribution in [0, 0.1) is 6.42 Å². The summed E-state index contributed by atoms with van der Waals surface area (Å²) in [5.41, 5.74) is 4.38. The van der Waals surface area contributed by atoms with Gasteiger partial charge in [-0.25, -0.2) is 14.4 Å². The fraction of sp³-hybridized carbons (Fsp3) is 0.303. The molecule has 3 heterocycles. The first-order valence-electron chi connectivity index (χ1n) is 13.7. The topological polar surface area (TPSA) is 70.5 Å². The van der Waals surface area contributed by atoms with Gasteiger partial charge in [-0.3, -0.25) is 9.78 Å². The number of amidine groups is 1. The molecule has 207 valence electrons. The molecule has 2 aliphatic carbocycles. The number of aliphatic imine (C=N–C) groups is 1. The Morgan fingerprint density at radius 3 is 2.77 bits per heavy atom. The molecule has 5 rings (SSSR count). The molecule has 0 aromatic carbocycles. The summed E-state index contributed by atoms with van der Waals surface area (Å²) < 4.78 is 15.5. The maximum absolute atomic E-state index is 15.5. The van der Waals surface area contributed by atoms with Crippen LogP contribution in [0.4, 0.5) is 4.39 Å². The number of alkyl halides is 1. The first-order valence-corrected chi connectivity index (χ1v) is 13.7. The molecule has 2 aromatic heterocycles. The number of carbonyl (C=O) groups excluding carboxylic acids is 1. The summed E-state index contributed by atoms with van der Waals surface area (Å²) in [6.45, 7) is 15.7. The number of halogens is 1. The molecule has 1 aliphatic heterocycles. The molecule has 0 bridgehead atoms. The van der Waals surface area contributed by atoms with E-state index in [9.17, 15) is 4.79 Å². The third-order valence-corrected chi connectivity index (χ3v) is 7.57. The molecule has 0 unspecified atom stereocenters. The van der Waals surface area contributed by atoms with Gasteiger partial charge in [-0.15, -0.1) is 0 Å². The number of hydrogen-bond acceptors (Lipinski definition) is 4. The highest BCUT2D eigenvalue weighted by atomic mass is 19.1. The predicted octanol–water partition coefficient (Wildman–Crippen LogP) is 4.59. The highest BCUT2D eigenvalue weighted by molar-refractivity contribution is 5.96. The van der Waals surface area contributed by atoms with Gasteiger partial charge >= 0.3 is 0 Å². The monoisotopic (exact) mass is 538 g/mol. The summed E-state index contributed by atoms with van der Waals surface area (Å²) in [6.07, 6.45) is 13.2. The lowest BCUT2D eigenvalue weighted by atomic mass is 9.90. The van der Waals surface area contributed by atoms with E-state index in [1.807, 2.05) is 50.6 Å². The highest BCUT2D eigenvalue weighted by Gasteiger charge is 2.39. The van der Waals surface area contributed by atoms with Crippen molar-refractivity contribution in [3.63, 3.8) is 0 Å². The number of pyridine rings is 2. The van der Waals surface area contributed by atoms with Gasteiger partial charge in [0.1, 0.15) is 11.5 Å². The highest BCUT2D eigenvalue weighted by Crippen LogP contribution is 2.47. The van der Waals surface area contributed by atoms with E-state index < -0.39 is 5.67 Å². The largest absolute Gasteiger partial charge is 0.356 e. The molecule has 6 nitrogen and oxygen atoms in total. The molecule has 40 heavy (non-hydrogen) atoms. The van der Waals surface area contributed by atoms with E-state index in [0.717, 1.165) is 58.5 Å². The Morgan fingerprint density at radius 2 is 2.10 bits per heavy atom. The van der Waals surface area contributed by atoms with Gasteiger partial charge in [0, 0.05) is 52.1 Å². The number of allylic oxidation sites excluding steroid dienone is 3. The van der Waals surface area contributed by atoms with Crippen molar-refractivity contribution >= 4 is 29.6 Å². The maximum Gasteiger partial charge on any atom is 0.253 e. The van der Waals surface area contributed by atoms with Crippen molar-refractivity contribution in [2.45, 2.75) is 45.7 Å². The van der Waals surface area contributed by atoms with Crippen molar-refractivity contribution in [1.29, 1.82) is 0 Å². The minimum absolute atomic E-state index is 0. The summed E-state index contributed by atoms with van der Waals surface area (Å²) >= 11 is 0. The number of hydrogen-bond donors (Lipinski definition) is 1. The SMILES string of the molecule is C=CC(=N/C(=C\C)c1ccc(=C/C)/c(=C\C(=C)CNC(=O)c2cnc3c(c2)[C@](C)(F)CC2=C([CH]2)C3)n1)N1CCC1.[HH]. The van der Waals surface area contributed by atoms with E-state index in [4.69, 9.17) is 9.98 Å². The van der Waals surface area contributed by atoms with Gasteiger partial charge in [-0.2, -0.15) is 0 Å². The van der Waals surface area contributed by atoms with E-state index in [0.29, 0.717) is 35.2 Å². The van der Waals surface area contributed by atoms with Gasteiger partial charge in [0.15, 0.2) is 0 Å². The second-order valence-corrected chi connectivity index (χ2v) is 10.6. The molecule has 1 N–H and O–H groups in total. The molecule has 1 saturated heterocycles. The molecule has 1 atom stereocenters. The molecule has 7 heteroatoms. The van der Waals surface area contributed by atoms with Crippen molar-refractivity contribution in [3.8, 4) is 0 Å². The Bertz CT molecular complexity index is 1610. The van der Waals surface area contributed by atoms with Crippen molar-refractivity contribution < 1.29 is 10.6 Å². The third kappa shape index (κ3) is 5.74. The number of carbonyl (C=O) groups is 1. The quantitative estimate of drug-likeness (QED) is 0.414. The number of likely N-dealkylation sites (tertiary alicyclic amines) is 1. The molecule has 1 amide bonds. The van der Waals surface area contributed by atoms with Crippen LogP contribution >= 0.6 is 0 Å². The Morgan fingerprint density at radius 1 is 1.30 bits per heavy atom. The van der Waals surface area contributed by atoms with Crippen LogP contribution in [-0.4, -0.2) is 46.2 Å². The van der Waals surface area contributed by atoms with Crippen molar-refractivity contribution in [2.75, 3.05) is 19.6 Å². The van der Waals surface area contributed by atoms with E-state index in [1.54, 1.807) is 19.1 Å². The summed E-state index contributed by atoms with van der Waals surface area (Å²) in [4.78, 5) is 29.3. The number of aromatic nitrogens is 2. The Balaban J connectivity index is 0.00000387. The second-order valence-electron chi connectivity index (χ2n) is 10.6. The molecule has 2 aromatic rings. The van der Waals surface area contributed by atoms with Crippen molar-refractivity contribution in [1.82, 2.24) is 20.2 Å². The summed E-state index contributed by atoms with van der Waals surface area (Å²) in [6, 6.07) is 5.60. The number of nitrogens with one attached hydrogen (secondary N) is 1. The minimum Gasteiger partial charge on any atom is -0.356 e. The van der Waals surface area contributed by atoms with Crippen LogP contribution in [0.5, 0.6) is 0 Å². The zero-order valence-electron chi connectivity index (χ0n) is 23.4. The minimum atomic E-state index is -1.55. The smallest absolute Gasteiger partial charge is 0.253 e. The van der Waals surface area contributed by atoms with Gasteiger partial charge in [0.25, 0.3) is 5.91 Å². The van der Waals surface area contributed by atoms with Crippen LogP contribution in [0.3, 0.4) is 0 Å². The lowest BCUT2D eigenvalue weighted by Gasteiger charge is -2.32. The summed E-state index contributed by atoms with van der Waals surface area (Å²) in [5, 5.41) is 4.58. The zero-order valence-corrected chi connectivity index (χ0v) is 23.4. The lowest BCUT2D eigenvalue weighted by molar-refractivity contribution is 0.0956. The zero-order chi connectivity index (χ0) is 28.4. The average molecular weight is 539 g/mol. The van der Waals surface area contributed by atoms with Gasteiger partial charge in [-0.05, 0) is 62.3 Å². The normalized spacial score (nSPS) is 21.4. The molecule has 0 saturated carbocycles. The summed E-state index contributed by atoms with van der Waals surface area (Å²) in [7, 11) is 0. The predicted molar refractivity (Wildman–Crippen MR) is 161 cm³/mol. The van der Waals surface area contributed by atoms with E-state index >= 15 is 4.39 Å². The van der Waals surface area contributed by atoms with Crippen LogP contribution in [-0.2, 0) is 12.1 Å². The fourth-order valence-electron chi connectivity index (χ4n) is 5.06. The van der Waals surface area contributed by atoms with Crippen LogP contribution in [0.25, 0.3) is 17.8 Å². The maximum atomic E-state index is 15.5. The van der Waals surface area contributed by atoms with Crippen LogP contribution in [0.15, 0.2) is 71.4 Å². The number of rotatable bonds is 7. The van der Waals surface area contributed by atoms with Crippen molar-refractivity contribution in [2.24, 2.45) is 4.99 Å². The first-order chi connectivity index (χ1) is 19.2. The van der Waals surface area contributed by atoms with E-state index in [2.05, 4.69) is 28.4 Å². The molecule has 1 fully saturated rings. The van der Waals surface area contributed by atoms with Crippen LogP contribution < -0.4 is 15.9 Å². The number of nitrogens with zero attached hydrogens (tertiary/aromatic N) is 4. The average Bonchev–Trinajstić information content (AvgIpc) is 3.65. The van der Waals surface area contributed by atoms with E-state index in [-0.39, 0.29) is 13.9 Å². The Kier molecular flexibility index (Phi) is 7.66. The Hall–Kier alpha value is -4.13. The number of fused-ring (bicyclic) bond motifs is 1. The third-order valence-electron chi connectivity index (χ3n) is 7.57. The lowest BCUT2D eigenvalue weighted by Crippen LogP contribution is -2.41. The molecule has 1 radical (unpaired) electrons. The van der Waals surface area contributed by atoms with Crippen LogP contribution in [0.1, 0.15) is 62.3 Å². The fourth-order valence-corrected chi connectivity index (χ4v) is 5.06. The standard InChI is InChI=1S/C33H35FN5O.H2/c1-6-22-10-11-28(27(7-2)38-31(8-3)39-12-9-13-39)37-29(22)14-21(4)19-36-32(40)25-16-26-30(35-20-25)17-23-15-24(23)18-33(26,5)34;/h6-8,10-11,14-16,20H,3-4,9,12-13,17-19H2,1-2,5H3,(H,36,40);1H/b22-6-,27-7-,29-14+,38-31?;/t33-;/m1./s1. The van der Waals surface area contributed by atoms with E-state index in [1.165, 1.54) is 6.20 Å². The number of amides is 1. The van der Waals surface area contributed by atoms with Gasteiger partial charge in [0.05, 0.1) is 28.0 Å². The molecular formula is C33H37FN5O. The molecule has 3 aliphatic rings. The first kappa shape index (κ1) is 27.4. The van der Waals surface area contributed by atoms with Gasteiger partial charge in [-0.1, -0.05) is 42.5 Å². The molecular weight excluding hydrogens is 501 g/mol. The Labute approximate surface area is 236 Å². The molecule has 0 spiro atoms. The summed E-state index contributed by atoms with van der Waals surface area (Å²) in [5.74, 6) is 0.525. The van der Waals surface area contributed by atoms with Gasteiger partial charge < -0.3 is 10.2 Å². The van der Waals surface area contributed by atoms with Crippen LogP contribution in [0.2, 0.25) is 0 Å². The van der Waals surface area contributed by atoms with Gasteiger partial charge in [0.2, 0.25) is 0 Å². The second kappa shape index (κ2) is 11.2.